The second kappa shape index (κ2) is 4.23. The molecule has 1 unspecified atom stereocenters. The van der Waals surface area contributed by atoms with Gasteiger partial charge in [-0.25, -0.2) is 0 Å². The van der Waals surface area contributed by atoms with E-state index in [1.165, 1.54) is 0 Å². The molecule has 0 aliphatic carbocycles. The highest BCUT2D eigenvalue weighted by Crippen LogP contribution is 2.04. The molecule has 4 N–H and O–H groups in total. The molecule has 0 saturated carbocycles. The summed E-state index contributed by atoms with van der Waals surface area (Å²) in [6.45, 7) is 4.07. The number of nitrogens with zero attached hydrogens (tertiary/aromatic N) is 1. The summed E-state index contributed by atoms with van der Waals surface area (Å²) in [5.74, 6) is -0.138. The van der Waals surface area contributed by atoms with Crippen LogP contribution in [0.4, 0.5) is 0 Å². The summed E-state index contributed by atoms with van der Waals surface area (Å²) in [5, 5.41) is 9.20. The number of nitrogens with two attached hydrogens (primary N) is 1. The van der Waals surface area contributed by atoms with Crippen molar-refractivity contribution in [1.82, 2.24) is 15.5 Å². The maximum absolute atomic E-state index is 11.5. The number of nitrogens with one attached hydrogen (secondary N) is 2. The molecule has 0 saturated heterocycles. The SMILES string of the molecule is CCC(C)(N)C(=O)NCc1cn[nH]c1. The summed E-state index contributed by atoms with van der Waals surface area (Å²) in [6.07, 6.45) is 4.02. The van der Waals surface area contributed by atoms with Gasteiger partial charge in [0, 0.05) is 18.3 Å². The number of aromatic amines is 1. The van der Waals surface area contributed by atoms with Crippen LogP contribution in [0.15, 0.2) is 12.4 Å². The highest BCUT2D eigenvalue weighted by atomic mass is 16.2. The van der Waals surface area contributed by atoms with E-state index in [4.69, 9.17) is 5.73 Å². The van der Waals surface area contributed by atoms with Crippen molar-refractivity contribution in [2.75, 3.05) is 0 Å². The molecule has 1 rings (SSSR count). The summed E-state index contributed by atoms with van der Waals surface area (Å²) < 4.78 is 0. The first-order chi connectivity index (χ1) is 6.56. The molecule has 5 nitrogen and oxygen atoms in total. The van der Waals surface area contributed by atoms with Gasteiger partial charge in [0.25, 0.3) is 0 Å². The minimum atomic E-state index is -0.788. The third-order valence-corrected chi connectivity index (χ3v) is 2.26. The van der Waals surface area contributed by atoms with E-state index in [2.05, 4.69) is 15.5 Å². The van der Waals surface area contributed by atoms with Crippen LogP contribution in [0, 0.1) is 0 Å². The topological polar surface area (TPSA) is 83.8 Å². The molecule has 78 valence electrons. The van der Waals surface area contributed by atoms with Gasteiger partial charge >= 0.3 is 0 Å². The molecule has 1 aromatic heterocycles. The summed E-state index contributed by atoms with van der Waals surface area (Å²) in [4.78, 5) is 11.5. The van der Waals surface area contributed by atoms with Crippen LogP contribution < -0.4 is 11.1 Å². The molecule has 1 heterocycles. The highest BCUT2D eigenvalue weighted by Gasteiger charge is 2.25. The van der Waals surface area contributed by atoms with Crippen molar-refractivity contribution in [3.63, 3.8) is 0 Å². The predicted molar refractivity (Wildman–Crippen MR) is 53.3 cm³/mol. The van der Waals surface area contributed by atoms with Crippen LogP contribution in [0.5, 0.6) is 0 Å². The van der Waals surface area contributed by atoms with E-state index in [9.17, 15) is 4.79 Å². The molecule has 0 aromatic carbocycles. The lowest BCUT2D eigenvalue weighted by Crippen LogP contribution is -2.50. The highest BCUT2D eigenvalue weighted by molar-refractivity contribution is 5.85. The van der Waals surface area contributed by atoms with Crippen LogP contribution in [-0.2, 0) is 11.3 Å². The fourth-order valence-electron chi connectivity index (χ4n) is 0.919. The van der Waals surface area contributed by atoms with Gasteiger partial charge < -0.3 is 11.1 Å². The van der Waals surface area contributed by atoms with Crippen LogP contribution in [0.2, 0.25) is 0 Å². The fraction of sp³-hybridized carbons (Fsp3) is 0.556. The molecule has 14 heavy (non-hydrogen) atoms. The standard InChI is InChI=1S/C9H16N4O/c1-3-9(2,10)8(14)11-4-7-5-12-13-6-7/h5-6H,3-4,10H2,1-2H3,(H,11,14)(H,12,13). The number of aromatic nitrogens is 2. The van der Waals surface area contributed by atoms with Gasteiger partial charge in [-0.15, -0.1) is 0 Å². The molecule has 0 aliphatic heterocycles. The normalized spacial score (nSPS) is 14.8. The summed E-state index contributed by atoms with van der Waals surface area (Å²) >= 11 is 0. The molecule has 1 atom stereocenters. The number of carbonyl (C=O) groups excluding carboxylic acids is 1. The lowest BCUT2D eigenvalue weighted by atomic mass is 9.99. The maximum Gasteiger partial charge on any atom is 0.240 e. The van der Waals surface area contributed by atoms with Gasteiger partial charge in [-0.1, -0.05) is 6.92 Å². The minimum Gasteiger partial charge on any atom is -0.350 e. The Labute approximate surface area is 83.1 Å². The fourth-order valence-corrected chi connectivity index (χ4v) is 0.919. The summed E-state index contributed by atoms with van der Waals surface area (Å²) in [7, 11) is 0. The minimum absolute atomic E-state index is 0.138. The third kappa shape index (κ3) is 2.56. The van der Waals surface area contributed by atoms with E-state index in [0.717, 1.165) is 5.56 Å². The third-order valence-electron chi connectivity index (χ3n) is 2.26. The number of carbonyl (C=O) groups is 1. The lowest BCUT2D eigenvalue weighted by Gasteiger charge is -2.21. The monoisotopic (exact) mass is 196 g/mol. The number of H-pyrrole nitrogens is 1. The zero-order chi connectivity index (χ0) is 10.6. The second-order valence-corrected chi connectivity index (χ2v) is 3.56. The van der Waals surface area contributed by atoms with E-state index in [-0.39, 0.29) is 5.91 Å². The van der Waals surface area contributed by atoms with Gasteiger partial charge in [0.05, 0.1) is 11.7 Å². The molecule has 0 radical (unpaired) electrons. The Morgan fingerprint density at radius 1 is 1.79 bits per heavy atom. The van der Waals surface area contributed by atoms with Crippen molar-refractivity contribution >= 4 is 5.91 Å². The second-order valence-electron chi connectivity index (χ2n) is 3.56. The van der Waals surface area contributed by atoms with Crippen molar-refractivity contribution < 1.29 is 4.79 Å². The molecule has 1 amide bonds. The molecule has 0 aliphatic rings. The molecule has 0 spiro atoms. The Bertz CT molecular complexity index is 292. The van der Waals surface area contributed by atoms with Crippen molar-refractivity contribution in [3.8, 4) is 0 Å². The zero-order valence-electron chi connectivity index (χ0n) is 8.50. The zero-order valence-corrected chi connectivity index (χ0v) is 8.50. The van der Waals surface area contributed by atoms with Crippen LogP contribution in [0.25, 0.3) is 0 Å². The Hall–Kier alpha value is -1.36. The molecule has 1 aromatic rings. The Kier molecular flexibility index (Phi) is 3.24. The predicted octanol–water partition coefficient (Wildman–Crippen LogP) is 0.153. The van der Waals surface area contributed by atoms with E-state index in [0.29, 0.717) is 13.0 Å². The Balaban J connectivity index is 2.43. The largest absolute Gasteiger partial charge is 0.350 e. The first-order valence-corrected chi connectivity index (χ1v) is 4.61. The van der Waals surface area contributed by atoms with Crippen molar-refractivity contribution in [2.45, 2.75) is 32.4 Å². The average Bonchev–Trinajstić information content (AvgIpc) is 2.66. The van der Waals surface area contributed by atoms with Crippen molar-refractivity contribution in [1.29, 1.82) is 0 Å². The van der Waals surface area contributed by atoms with E-state index in [1.807, 2.05) is 6.92 Å². The van der Waals surface area contributed by atoms with Gasteiger partial charge in [-0.2, -0.15) is 5.10 Å². The number of hydrogen-bond donors (Lipinski definition) is 3. The number of amides is 1. The number of rotatable bonds is 4. The molecular weight excluding hydrogens is 180 g/mol. The van der Waals surface area contributed by atoms with Crippen molar-refractivity contribution in [2.24, 2.45) is 5.73 Å². The quantitative estimate of drug-likeness (QED) is 0.641. The van der Waals surface area contributed by atoms with Gasteiger partial charge in [-0.3, -0.25) is 9.89 Å². The van der Waals surface area contributed by atoms with E-state index >= 15 is 0 Å². The summed E-state index contributed by atoms with van der Waals surface area (Å²) in [6, 6.07) is 0. The molecule has 0 fully saturated rings. The lowest BCUT2D eigenvalue weighted by molar-refractivity contribution is -0.126. The first-order valence-electron chi connectivity index (χ1n) is 4.61. The molecular formula is C9H16N4O. The van der Waals surface area contributed by atoms with Crippen molar-refractivity contribution in [3.05, 3.63) is 18.0 Å². The summed E-state index contributed by atoms with van der Waals surface area (Å²) in [5.41, 5.74) is 5.91. The van der Waals surface area contributed by atoms with E-state index < -0.39 is 5.54 Å². The first kappa shape index (κ1) is 10.7. The van der Waals surface area contributed by atoms with Gasteiger partial charge in [0.15, 0.2) is 0 Å². The van der Waals surface area contributed by atoms with Crippen LogP contribution >= 0.6 is 0 Å². The van der Waals surface area contributed by atoms with Crippen LogP contribution in [0.1, 0.15) is 25.8 Å². The molecule has 0 bridgehead atoms. The average molecular weight is 196 g/mol. The Morgan fingerprint density at radius 2 is 2.50 bits per heavy atom. The maximum atomic E-state index is 11.5. The molecule has 5 heteroatoms. The van der Waals surface area contributed by atoms with Gasteiger partial charge in [0.1, 0.15) is 0 Å². The van der Waals surface area contributed by atoms with E-state index in [1.54, 1.807) is 19.3 Å². The van der Waals surface area contributed by atoms with Gasteiger partial charge in [-0.05, 0) is 13.3 Å². The smallest absolute Gasteiger partial charge is 0.240 e. The Morgan fingerprint density at radius 3 is 3.00 bits per heavy atom. The van der Waals surface area contributed by atoms with Crippen LogP contribution in [0.3, 0.4) is 0 Å². The van der Waals surface area contributed by atoms with Crippen LogP contribution in [-0.4, -0.2) is 21.6 Å². The van der Waals surface area contributed by atoms with Gasteiger partial charge in [0.2, 0.25) is 5.91 Å². The number of hydrogen-bond acceptors (Lipinski definition) is 3.